The van der Waals surface area contributed by atoms with Crippen LogP contribution >= 0.6 is 0 Å². The van der Waals surface area contributed by atoms with Gasteiger partial charge in [0.1, 0.15) is 12.0 Å². The van der Waals surface area contributed by atoms with Gasteiger partial charge in [0.2, 0.25) is 0 Å². The summed E-state index contributed by atoms with van der Waals surface area (Å²) in [5, 5.41) is 11.0. The molecule has 2 rings (SSSR count). The van der Waals surface area contributed by atoms with Crippen molar-refractivity contribution in [2.24, 2.45) is 0 Å². The number of benzene rings is 1. The quantitative estimate of drug-likeness (QED) is 0.895. The second kappa shape index (κ2) is 5.58. The molecule has 0 aliphatic carbocycles. The zero-order chi connectivity index (χ0) is 13.0. The van der Waals surface area contributed by atoms with E-state index in [9.17, 15) is 0 Å². The Bertz CT molecular complexity index is 507. The molecule has 4 nitrogen and oxygen atoms in total. The van der Waals surface area contributed by atoms with Crippen LogP contribution in [0.1, 0.15) is 31.7 Å². The minimum atomic E-state index is 0.586. The fourth-order valence-corrected chi connectivity index (χ4v) is 1.86. The predicted molar refractivity (Wildman–Crippen MR) is 73.5 cm³/mol. The summed E-state index contributed by atoms with van der Waals surface area (Å²) in [5.41, 5.74) is 3.17. The SMILES string of the molecule is CCC(C)c1ccc(-c2nncnc2NC)cc1. The molecule has 0 fully saturated rings. The molecule has 0 spiro atoms. The van der Waals surface area contributed by atoms with Gasteiger partial charge in [-0.15, -0.1) is 10.2 Å². The van der Waals surface area contributed by atoms with E-state index in [-0.39, 0.29) is 0 Å². The van der Waals surface area contributed by atoms with Gasteiger partial charge in [-0.05, 0) is 17.9 Å². The Labute approximate surface area is 107 Å². The van der Waals surface area contributed by atoms with Crippen LogP contribution in [0.3, 0.4) is 0 Å². The summed E-state index contributed by atoms with van der Waals surface area (Å²) in [6, 6.07) is 8.46. The van der Waals surface area contributed by atoms with Gasteiger partial charge in [-0.2, -0.15) is 0 Å². The molecule has 18 heavy (non-hydrogen) atoms. The van der Waals surface area contributed by atoms with Crippen LogP contribution in [0.5, 0.6) is 0 Å². The zero-order valence-corrected chi connectivity index (χ0v) is 11.0. The lowest BCUT2D eigenvalue weighted by Gasteiger charge is -2.10. The van der Waals surface area contributed by atoms with Crippen LogP contribution in [0.15, 0.2) is 30.6 Å². The van der Waals surface area contributed by atoms with Gasteiger partial charge in [0, 0.05) is 12.6 Å². The molecule has 2 aromatic rings. The van der Waals surface area contributed by atoms with E-state index in [1.165, 1.54) is 11.9 Å². The number of aromatic nitrogens is 3. The molecule has 0 aliphatic rings. The number of rotatable bonds is 4. The van der Waals surface area contributed by atoms with E-state index in [1.54, 1.807) is 0 Å². The van der Waals surface area contributed by atoms with Gasteiger partial charge < -0.3 is 5.32 Å². The summed E-state index contributed by atoms with van der Waals surface area (Å²) in [6.45, 7) is 4.43. The molecule has 0 radical (unpaired) electrons. The van der Waals surface area contributed by atoms with Crippen molar-refractivity contribution in [2.75, 3.05) is 12.4 Å². The molecule has 1 unspecified atom stereocenters. The maximum Gasteiger partial charge on any atom is 0.156 e. The van der Waals surface area contributed by atoms with E-state index in [0.29, 0.717) is 5.92 Å². The molecule has 1 N–H and O–H groups in total. The number of hydrogen-bond donors (Lipinski definition) is 1. The van der Waals surface area contributed by atoms with Crippen molar-refractivity contribution < 1.29 is 0 Å². The van der Waals surface area contributed by atoms with E-state index in [4.69, 9.17) is 0 Å². The van der Waals surface area contributed by atoms with Crippen molar-refractivity contribution >= 4 is 5.82 Å². The molecule has 4 heteroatoms. The van der Waals surface area contributed by atoms with E-state index in [2.05, 4.69) is 58.6 Å². The molecule has 0 saturated carbocycles. The summed E-state index contributed by atoms with van der Waals surface area (Å²) in [5.74, 6) is 1.34. The number of nitrogens with zero attached hydrogens (tertiary/aromatic N) is 3. The molecule has 1 aromatic carbocycles. The molecule has 0 amide bonds. The first-order chi connectivity index (χ1) is 8.76. The van der Waals surface area contributed by atoms with E-state index in [1.807, 2.05) is 7.05 Å². The van der Waals surface area contributed by atoms with Crippen LogP contribution in [0.25, 0.3) is 11.3 Å². The average molecular weight is 242 g/mol. The third-order valence-electron chi connectivity index (χ3n) is 3.22. The van der Waals surface area contributed by atoms with Crippen LogP contribution in [0.4, 0.5) is 5.82 Å². The summed E-state index contributed by atoms with van der Waals surface area (Å²) in [6.07, 6.45) is 2.59. The van der Waals surface area contributed by atoms with Crippen molar-refractivity contribution in [3.63, 3.8) is 0 Å². The highest BCUT2D eigenvalue weighted by Crippen LogP contribution is 2.25. The minimum Gasteiger partial charge on any atom is -0.371 e. The third kappa shape index (κ3) is 2.47. The maximum atomic E-state index is 4.16. The van der Waals surface area contributed by atoms with Crippen molar-refractivity contribution in [1.29, 1.82) is 0 Å². The maximum absolute atomic E-state index is 4.16. The topological polar surface area (TPSA) is 50.7 Å². The largest absolute Gasteiger partial charge is 0.371 e. The van der Waals surface area contributed by atoms with Gasteiger partial charge in [-0.1, -0.05) is 38.1 Å². The Morgan fingerprint density at radius 2 is 1.94 bits per heavy atom. The van der Waals surface area contributed by atoms with Crippen LogP contribution in [-0.4, -0.2) is 22.2 Å². The Hall–Kier alpha value is -1.97. The summed E-state index contributed by atoms with van der Waals surface area (Å²) in [4.78, 5) is 4.16. The van der Waals surface area contributed by atoms with Crippen molar-refractivity contribution in [1.82, 2.24) is 15.2 Å². The summed E-state index contributed by atoms with van der Waals surface area (Å²) in [7, 11) is 1.83. The molecule has 1 aromatic heterocycles. The van der Waals surface area contributed by atoms with Crippen LogP contribution in [0.2, 0.25) is 0 Å². The van der Waals surface area contributed by atoms with Crippen LogP contribution < -0.4 is 5.32 Å². The summed E-state index contributed by atoms with van der Waals surface area (Å²) < 4.78 is 0. The third-order valence-corrected chi connectivity index (χ3v) is 3.22. The highest BCUT2D eigenvalue weighted by molar-refractivity contribution is 5.70. The molecule has 1 atom stereocenters. The highest BCUT2D eigenvalue weighted by atomic mass is 15.2. The van der Waals surface area contributed by atoms with E-state index < -0.39 is 0 Å². The Morgan fingerprint density at radius 1 is 1.22 bits per heavy atom. The van der Waals surface area contributed by atoms with Gasteiger partial charge >= 0.3 is 0 Å². The van der Waals surface area contributed by atoms with Gasteiger partial charge in [-0.3, -0.25) is 0 Å². The van der Waals surface area contributed by atoms with Gasteiger partial charge in [0.15, 0.2) is 5.82 Å². The molecule has 0 saturated heterocycles. The zero-order valence-electron chi connectivity index (χ0n) is 11.0. The first-order valence-electron chi connectivity index (χ1n) is 6.22. The normalized spacial score (nSPS) is 12.2. The first-order valence-corrected chi connectivity index (χ1v) is 6.22. The van der Waals surface area contributed by atoms with E-state index >= 15 is 0 Å². The fraction of sp³-hybridized carbons (Fsp3) is 0.357. The highest BCUT2D eigenvalue weighted by Gasteiger charge is 2.08. The molecule has 0 bridgehead atoms. The Balaban J connectivity index is 2.34. The lowest BCUT2D eigenvalue weighted by atomic mass is 9.97. The lowest BCUT2D eigenvalue weighted by Crippen LogP contribution is -1.99. The smallest absolute Gasteiger partial charge is 0.156 e. The van der Waals surface area contributed by atoms with Gasteiger partial charge in [0.25, 0.3) is 0 Å². The Morgan fingerprint density at radius 3 is 2.56 bits per heavy atom. The molecular formula is C14H18N4. The van der Waals surface area contributed by atoms with Crippen molar-refractivity contribution in [3.05, 3.63) is 36.2 Å². The number of anilines is 1. The Kier molecular flexibility index (Phi) is 3.87. The fourth-order valence-electron chi connectivity index (χ4n) is 1.86. The van der Waals surface area contributed by atoms with Crippen molar-refractivity contribution in [3.8, 4) is 11.3 Å². The molecule has 0 aliphatic heterocycles. The van der Waals surface area contributed by atoms with Gasteiger partial charge in [0.05, 0.1) is 0 Å². The van der Waals surface area contributed by atoms with Crippen molar-refractivity contribution in [2.45, 2.75) is 26.2 Å². The monoisotopic (exact) mass is 242 g/mol. The standard InChI is InChI=1S/C14H18N4/c1-4-10(2)11-5-7-12(8-6-11)13-14(15-3)16-9-17-18-13/h5-10H,4H2,1-3H3,(H,15,16,17). The van der Waals surface area contributed by atoms with Gasteiger partial charge in [-0.25, -0.2) is 4.98 Å². The van der Waals surface area contributed by atoms with Crippen LogP contribution in [0, 0.1) is 0 Å². The molecule has 1 heterocycles. The van der Waals surface area contributed by atoms with Crippen LogP contribution in [-0.2, 0) is 0 Å². The molecular weight excluding hydrogens is 224 g/mol. The average Bonchev–Trinajstić information content (AvgIpc) is 2.46. The minimum absolute atomic E-state index is 0.586. The number of hydrogen-bond acceptors (Lipinski definition) is 4. The molecule has 94 valence electrons. The second-order valence-corrected chi connectivity index (χ2v) is 4.34. The summed E-state index contributed by atoms with van der Waals surface area (Å²) >= 11 is 0. The number of nitrogens with one attached hydrogen (secondary N) is 1. The second-order valence-electron chi connectivity index (χ2n) is 4.34. The lowest BCUT2D eigenvalue weighted by molar-refractivity contribution is 0.734. The van der Waals surface area contributed by atoms with E-state index in [0.717, 1.165) is 23.5 Å². The predicted octanol–water partition coefficient (Wildman–Crippen LogP) is 3.09. The first kappa shape index (κ1) is 12.5.